The quantitative estimate of drug-likeness (QED) is 0.869. The van der Waals surface area contributed by atoms with E-state index in [2.05, 4.69) is 5.32 Å². The highest BCUT2D eigenvalue weighted by Crippen LogP contribution is 2.39. The van der Waals surface area contributed by atoms with Crippen LogP contribution in [0.2, 0.25) is 0 Å². The second-order valence-corrected chi connectivity index (χ2v) is 7.98. The zero-order chi connectivity index (χ0) is 17.2. The monoisotopic (exact) mass is 346 g/mol. The first-order valence-electron chi connectivity index (χ1n) is 8.05. The molecule has 128 valence electrons. The van der Waals surface area contributed by atoms with E-state index in [1.807, 2.05) is 42.5 Å². The molecule has 2 N–H and O–H groups in total. The molecule has 0 aromatic heterocycles. The lowest BCUT2D eigenvalue weighted by atomic mass is 10.0. The van der Waals surface area contributed by atoms with Crippen LogP contribution in [-0.2, 0) is 16.4 Å². The molecule has 1 aliphatic heterocycles. The molecule has 0 aliphatic carbocycles. The highest BCUT2D eigenvalue weighted by molar-refractivity contribution is 7.93. The average Bonchev–Trinajstić information content (AvgIpc) is 2.59. The van der Waals surface area contributed by atoms with Gasteiger partial charge in [0.1, 0.15) is 5.25 Å². The SMILES string of the molecule is CNCC[C@H](O)[C@@H]1Cc2ccccc2N(c2ccccc2)S1(=O)=O. The predicted molar refractivity (Wildman–Crippen MR) is 96.0 cm³/mol. The fourth-order valence-corrected chi connectivity index (χ4v) is 5.20. The zero-order valence-electron chi connectivity index (χ0n) is 13.6. The smallest absolute Gasteiger partial charge is 0.245 e. The van der Waals surface area contributed by atoms with Gasteiger partial charge in [-0.15, -0.1) is 0 Å². The summed E-state index contributed by atoms with van der Waals surface area (Å²) in [6, 6.07) is 16.5. The molecule has 0 radical (unpaired) electrons. The van der Waals surface area contributed by atoms with E-state index in [1.54, 1.807) is 19.2 Å². The molecule has 0 fully saturated rings. The standard InChI is InChI=1S/C18H22N2O3S/c1-19-12-11-17(21)18-13-14-7-5-6-10-16(14)20(24(18,22)23)15-8-3-2-4-9-15/h2-10,17-19,21H,11-13H2,1H3/t17-,18-/m0/s1. The highest BCUT2D eigenvalue weighted by atomic mass is 32.2. The number of sulfonamides is 1. The van der Waals surface area contributed by atoms with Gasteiger partial charge in [-0.25, -0.2) is 12.7 Å². The van der Waals surface area contributed by atoms with Crippen LogP contribution in [0.1, 0.15) is 12.0 Å². The summed E-state index contributed by atoms with van der Waals surface area (Å²) >= 11 is 0. The maximum Gasteiger partial charge on any atom is 0.245 e. The molecule has 1 heterocycles. The Balaban J connectivity index is 2.09. The lowest BCUT2D eigenvalue weighted by molar-refractivity contribution is 0.157. The van der Waals surface area contributed by atoms with E-state index in [9.17, 15) is 13.5 Å². The molecule has 0 saturated carbocycles. The Kier molecular flexibility index (Phi) is 4.89. The number of aliphatic hydroxyl groups excluding tert-OH is 1. The van der Waals surface area contributed by atoms with Crippen molar-refractivity contribution in [1.82, 2.24) is 5.32 Å². The summed E-state index contributed by atoms with van der Waals surface area (Å²) in [6.45, 7) is 0.570. The van der Waals surface area contributed by atoms with Gasteiger partial charge >= 0.3 is 0 Å². The minimum Gasteiger partial charge on any atom is -0.392 e. The lowest BCUT2D eigenvalue weighted by Crippen LogP contribution is -2.47. The summed E-state index contributed by atoms with van der Waals surface area (Å²) in [5.41, 5.74) is 2.20. The fourth-order valence-electron chi connectivity index (χ4n) is 3.14. The van der Waals surface area contributed by atoms with Gasteiger partial charge in [-0.2, -0.15) is 0 Å². The van der Waals surface area contributed by atoms with Gasteiger partial charge in [-0.05, 0) is 50.2 Å². The Labute approximate surface area is 143 Å². The first-order chi connectivity index (χ1) is 11.6. The van der Waals surface area contributed by atoms with Gasteiger partial charge in [0.2, 0.25) is 10.0 Å². The van der Waals surface area contributed by atoms with Crippen LogP contribution in [0.4, 0.5) is 11.4 Å². The third kappa shape index (κ3) is 3.05. The van der Waals surface area contributed by atoms with Crippen molar-refractivity contribution >= 4 is 21.4 Å². The number of para-hydroxylation sites is 2. The van der Waals surface area contributed by atoms with E-state index in [0.717, 1.165) is 5.56 Å². The van der Waals surface area contributed by atoms with E-state index in [0.29, 0.717) is 30.8 Å². The molecular formula is C18H22N2O3S. The van der Waals surface area contributed by atoms with Crippen LogP contribution < -0.4 is 9.62 Å². The van der Waals surface area contributed by atoms with Gasteiger partial charge in [-0.1, -0.05) is 36.4 Å². The van der Waals surface area contributed by atoms with E-state index < -0.39 is 21.4 Å². The number of aliphatic hydroxyl groups is 1. The van der Waals surface area contributed by atoms with Gasteiger partial charge in [0, 0.05) is 0 Å². The number of anilines is 2. The Morgan fingerprint density at radius 3 is 2.54 bits per heavy atom. The maximum atomic E-state index is 13.2. The molecule has 0 amide bonds. The topological polar surface area (TPSA) is 69.6 Å². The number of hydrogen-bond donors (Lipinski definition) is 2. The Hall–Kier alpha value is -1.89. The Morgan fingerprint density at radius 2 is 1.83 bits per heavy atom. The van der Waals surface area contributed by atoms with Crippen molar-refractivity contribution in [2.45, 2.75) is 24.2 Å². The van der Waals surface area contributed by atoms with Gasteiger partial charge < -0.3 is 10.4 Å². The van der Waals surface area contributed by atoms with Crippen LogP contribution in [0, 0.1) is 0 Å². The van der Waals surface area contributed by atoms with Gasteiger partial charge in [-0.3, -0.25) is 0 Å². The van der Waals surface area contributed by atoms with E-state index in [-0.39, 0.29) is 0 Å². The predicted octanol–water partition coefficient (Wildman–Crippen LogP) is 2.05. The van der Waals surface area contributed by atoms with Crippen LogP contribution in [0.25, 0.3) is 0 Å². The van der Waals surface area contributed by atoms with Gasteiger partial charge in [0.05, 0.1) is 17.5 Å². The summed E-state index contributed by atoms with van der Waals surface area (Å²) in [6.07, 6.45) is -0.195. The van der Waals surface area contributed by atoms with Crippen LogP contribution in [0.3, 0.4) is 0 Å². The minimum atomic E-state index is -3.70. The maximum absolute atomic E-state index is 13.2. The lowest BCUT2D eigenvalue weighted by Gasteiger charge is -2.37. The number of nitrogens with one attached hydrogen (secondary N) is 1. The average molecular weight is 346 g/mol. The summed E-state index contributed by atoms with van der Waals surface area (Å²) in [4.78, 5) is 0. The van der Waals surface area contributed by atoms with Crippen molar-refractivity contribution in [1.29, 1.82) is 0 Å². The molecular weight excluding hydrogens is 324 g/mol. The number of benzene rings is 2. The molecule has 2 atom stereocenters. The molecule has 0 spiro atoms. The highest BCUT2D eigenvalue weighted by Gasteiger charge is 2.42. The Morgan fingerprint density at radius 1 is 1.17 bits per heavy atom. The zero-order valence-corrected chi connectivity index (χ0v) is 14.4. The number of nitrogens with zero attached hydrogens (tertiary/aromatic N) is 1. The molecule has 1 aliphatic rings. The van der Waals surface area contributed by atoms with Crippen molar-refractivity contribution in [3.8, 4) is 0 Å². The van der Waals surface area contributed by atoms with E-state index >= 15 is 0 Å². The van der Waals surface area contributed by atoms with Crippen LogP contribution in [0.15, 0.2) is 54.6 Å². The summed E-state index contributed by atoms with van der Waals surface area (Å²) in [5, 5.41) is 12.6. The summed E-state index contributed by atoms with van der Waals surface area (Å²) in [5.74, 6) is 0. The summed E-state index contributed by atoms with van der Waals surface area (Å²) < 4.78 is 27.8. The van der Waals surface area contributed by atoms with Crippen molar-refractivity contribution in [3.05, 3.63) is 60.2 Å². The molecule has 6 heteroatoms. The fraction of sp³-hybridized carbons (Fsp3) is 0.333. The molecule has 5 nitrogen and oxygen atoms in total. The van der Waals surface area contributed by atoms with Crippen LogP contribution >= 0.6 is 0 Å². The largest absolute Gasteiger partial charge is 0.392 e. The second-order valence-electron chi connectivity index (χ2n) is 5.98. The second kappa shape index (κ2) is 6.93. The van der Waals surface area contributed by atoms with Crippen molar-refractivity contribution < 1.29 is 13.5 Å². The third-order valence-corrected chi connectivity index (χ3v) is 6.54. The molecule has 0 bridgehead atoms. The number of fused-ring (bicyclic) bond motifs is 1. The molecule has 0 unspecified atom stereocenters. The van der Waals surface area contributed by atoms with E-state index in [1.165, 1.54) is 4.31 Å². The van der Waals surface area contributed by atoms with Crippen LogP contribution in [0.5, 0.6) is 0 Å². The number of rotatable bonds is 5. The first-order valence-corrected chi connectivity index (χ1v) is 9.56. The van der Waals surface area contributed by atoms with Crippen molar-refractivity contribution in [2.75, 3.05) is 17.9 Å². The first kappa shape index (κ1) is 17.0. The number of hydrogen-bond acceptors (Lipinski definition) is 4. The molecule has 2 aromatic carbocycles. The Bertz CT molecular complexity index is 793. The molecule has 24 heavy (non-hydrogen) atoms. The van der Waals surface area contributed by atoms with Gasteiger partial charge in [0.15, 0.2) is 0 Å². The van der Waals surface area contributed by atoms with E-state index in [4.69, 9.17) is 0 Å². The van der Waals surface area contributed by atoms with Crippen molar-refractivity contribution in [2.24, 2.45) is 0 Å². The molecule has 2 aromatic rings. The minimum absolute atomic E-state index is 0.326. The van der Waals surface area contributed by atoms with Crippen molar-refractivity contribution in [3.63, 3.8) is 0 Å². The molecule has 0 saturated heterocycles. The summed E-state index contributed by atoms with van der Waals surface area (Å²) in [7, 11) is -1.92. The van der Waals surface area contributed by atoms with Crippen LogP contribution in [-0.4, -0.2) is 38.5 Å². The normalized spacial score (nSPS) is 20.4. The third-order valence-electron chi connectivity index (χ3n) is 4.38. The molecule has 3 rings (SSSR count). The van der Waals surface area contributed by atoms with Gasteiger partial charge in [0.25, 0.3) is 0 Å².